The van der Waals surface area contributed by atoms with E-state index in [4.69, 9.17) is 5.26 Å². The van der Waals surface area contributed by atoms with Crippen molar-refractivity contribution in [1.29, 1.82) is 5.26 Å². The van der Waals surface area contributed by atoms with Gasteiger partial charge in [0.1, 0.15) is 0 Å². The van der Waals surface area contributed by atoms with Crippen LogP contribution in [-0.2, 0) is 6.54 Å². The predicted octanol–water partition coefficient (Wildman–Crippen LogP) is 3.39. The molecule has 0 N–H and O–H groups in total. The van der Waals surface area contributed by atoms with Crippen LogP contribution in [0.3, 0.4) is 0 Å². The number of aromatic nitrogens is 2. The normalized spacial score (nSPS) is 18.0. The predicted molar refractivity (Wildman–Crippen MR) is 86.4 cm³/mol. The van der Waals surface area contributed by atoms with Crippen molar-refractivity contribution in [3.8, 4) is 11.8 Å². The molecule has 0 saturated carbocycles. The highest BCUT2D eigenvalue weighted by atomic mass is 15.3. The third-order valence-electron chi connectivity index (χ3n) is 4.63. The molecule has 1 aliphatic rings. The molecule has 0 bridgehead atoms. The van der Waals surface area contributed by atoms with Gasteiger partial charge in [-0.1, -0.05) is 25.1 Å². The van der Waals surface area contributed by atoms with E-state index in [1.54, 1.807) is 0 Å². The summed E-state index contributed by atoms with van der Waals surface area (Å²) in [6.07, 6.45) is 6.95. The van der Waals surface area contributed by atoms with Gasteiger partial charge >= 0.3 is 0 Å². The minimum absolute atomic E-state index is 0.208. The average molecular weight is 294 g/mol. The van der Waals surface area contributed by atoms with Crippen LogP contribution in [0.25, 0.3) is 5.69 Å². The van der Waals surface area contributed by atoms with Crippen LogP contribution in [0.1, 0.15) is 31.7 Å². The Morgan fingerprint density at radius 3 is 2.64 bits per heavy atom. The molecule has 0 unspecified atom stereocenters. The van der Waals surface area contributed by atoms with E-state index in [0.717, 1.165) is 38.2 Å². The monoisotopic (exact) mass is 294 g/mol. The van der Waals surface area contributed by atoms with E-state index in [1.165, 1.54) is 5.56 Å². The van der Waals surface area contributed by atoms with Crippen molar-refractivity contribution in [1.82, 2.24) is 14.7 Å². The second-order valence-electron chi connectivity index (χ2n) is 6.55. The van der Waals surface area contributed by atoms with Crippen LogP contribution in [0.4, 0.5) is 0 Å². The lowest BCUT2D eigenvalue weighted by molar-refractivity contribution is 0.116. The van der Waals surface area contributed by atoms with Crippen molar-refractivity contribution in [2.24, 2.45) is 5.41 Å². The molecule has 22 heavy (non-hydrogen) atoms. The van der Waals surface area contributed by atoms with Crippen LogP contribution in [-0.4, -0.2) is 27.8 Å². The van der Waals surface area contributed by atoms with Crippen molar-refractivity contribution in [3.63, 3.8) is 0 Å². The molecular weight excluding hydrogens is 272 g/mol. The Bertz CT molecular complexity index is 645. The number of para-hydroxylation sites is 1. The van der Waals surface area contributed by atoms with Crippen LogP contribution < -0.4 is 0 Å². The van der Waals surface area contributed by atoms with Crippen molar-refractivity contribution < 1.29 is 0 Å². The highest BCUT2D eigenvalue weighted by Crippen LogP contribution is 2.34. The second kappa shape index (κ2) is 6.33. The third kappa shape index (κ3) is 3.37. The number of nitrogens with zero attached hydrogens (tertiary/aromatic N) is 4. The Morgan fingerprint density at radius 1 is 1.23 bits per heavy atom. The summed E-state index contributed by atoms with van der Waals surface area (Å²) < 4.78 is 1.93. The van der Waals surface area contributed by atoms with Gasteiger partial charge in [0.25, 0.3) is 0 Å². The molecule has 0 amide bonds. The first-order chi connectivity index (χ1) is 10.7. The highest BCUT2D eigenvalue weighted by Gasteiger charge is 2.29. The molecule has 0 spiro atoms. The molecule has 1 fully saturated rings. The smallest absolute Gasteiger partial charge is 0.0645 e. The van der Waals surface area contributed by atoms with Gasteiger partial charge in [-0.05, 0) is 43.5 Å². The number of rotatable bonds is 4. The van der Waals surface area contributed by atoms with Gasteiger partial charge < -0.3 is 0 Å². The summed E-state index contributed by atoms with van der Waals surface area (Å²) in [5.74, 6) is 0. The molecule has 0 radical (unpaired) electrons. The van der Waals surface area contributed by atoms with Gasteiger partial charge in [0.2, 0.25) is 0 Å². The molecule has 4 nitrogen and oxygen atoms in total. The fourth-order valence-corrected chi connectivity index (χ4v) is 3.04. The number of piperidine rings is 1. The first-order valence-electron chi connectivity index (χ1n) is 7.87. The molecule has 1 saturated heterocycles. The van der Waals surface area contributed by atoms with Crippen molar-refractivity contribution in [3.05, 3.63) is 48.3 Å². The maximum atomic E-state index is 8.92. The fraction of sp³-hybridized carbons (Fsp3) is 0.444. The van der Waals surface area contributed by atoms with E-state index in [-0.39, 0.29) is 5.41 Å². The minimum Gasteiger partial charge on any atom is -0.299 e. The lowest BCUT2D eigenvalue weighted by Gasteiger charge is -2.37. The summed E-state index contributed by atoms with van der Waals surface area (Å²) in [6.45, 7) is 5.31. The summed E-state index contributed by atoms with van der Waals surface area (Å²) in [4.78, 5) is 2.46. The van der Waals surface area contributed by atoms with E-state index >= 15 is 0 Å². The van der Waals surface area contributed by atoms with Gasteiger partial charge in [-0.2, -0.15) is 10.4 Å². The number of likely N-dealkylation sites (tertiary alicyclic amines) is 1. The molecule has 1 aliphatic heterocycles. The van der Waals surface area contributed by atoms with Gasteiger partial charge in [0.15, 0.2) is 0 Å². The lowest BCUT2D eigenvalue weighted by Crippen LogP contribution is -2.38. The maximum Gasteiger partial charge on any atom is 0.0645 e. The van der Waals surface area contributed by atoms with Crippen LogP contribution >= 0.6 is 0 Å². The Kier molecular flexibility index (Phi) is 4.26. The van der Waals surface area contributed by atoms with Gasteiger partial charge in [-0.3, -0.25) is 4.90 Å². The summed E-state index contributed by atoms with van der Waals surface area (Å²) in [6, 6.07) is 12.5. The SMILES string of the molecule is CC1(CC#N)CCN(Cc2cnn(-c3ccccc3)c2)CC1. The highest BCUT2D eigenvalue weighted by molar-refractivity contribution is 5.30. The molecule has 4 heteroatoms. The minimum atomic E-state index is 0.208. The first kappa shape index (κ1) is 14.8. The zero-order valence-electron chi connectivity index (χ0n) is 13.1. The van der Waals surface area contributed by atoms with Crippen molar-refractivity contribution >= 4 is 0 Å². The standard InChI is InChI=1S/C18H22N4/c1-18(7-10-19)8-11-21(12-9-18)14-16-13-20-22(15-16)17-5-3-2-4-6-17/h2-6,13,15H,7-9,11-12,14H2,1H3. The number of hydrogen-bond acceptors (Lipinski definition) is 3. The molecular formula is C18H22N4. The number of hydrogen-bond donors (Lipinski definition) is 0. The van der Waals surface area contributed by atoms with Crippen LogP contribution in [0.5, 0.6) is 0 Å². The van der Waals surface area contributed by atoms with Crippen LogP contribution in [0.15, 0.2) is 42.7 Å². The molecule has 3 rings (SSSR count). The second-order valence-corrected chi connectivity index (χ2v) is 6.55. The number of benzene rings is 1. The molecule has 1 aromatic carbocycles. The van der Waals surface area contributed by atoms with Crippen LogP contribution in [0, 0.1) is 16.7 Å². The van der Waals surface area contributed by atoms with Gasteiger partial charge in [-0.25, -0.2) is 4.68 Å². The molecule has 1 aromatic heterocycles. The molecule has 0 atom stereocenters. The van der Waals surface area contributed by atoms with Crippen LogP contribution in [0.2, 0.25) is 0 Å². The van der Waals surface area contributed by atoms with Crippen molar-refractivity contribution in [2.75, 3.05) is 13.1 Å². The maximum absolute atomic E-state index is 8.92. The Hall–Kier alpha value is -2.12. The Labute approximate surface area is 132 Å². The van der Waals surface area contributed by atoms with E-state index < -0.39 is 0 Å². The Balaban J connectivity index is 1.59. The van der Waals surface area contributed by atoms with E-state index in [0.29, 0.717) is 6.42 Å². The quantitative estimate of drug-likeness (QED) is 0.868. The molecule has 2 heterocycles. The third-order valence-corrected chi connectivity index (χ3v) is 4.63. The summed E-state index contributed by atoms with van der Waals surface area (Å²) in [5, 5.41) is 13.4. The summed E-state index contributed by atoms with van der Waals surface area (Å²) in [5.41, 5.74) is 2.54. The van der Waals surface area contributed by atoms with E-state index in [9.17, 15) is 0 Å². The average Bonchev–Trinajstić information content (AvgIpc) is 3.00. The zero-order valence-corrected chi connectivity index (χ0v) is 13.1. The van der Waals surface area contributed by atoms with Gasteiger partial charge in [0.05, 0.1) is 18.0 Å². The Morgan fingerprint density at radius 2 is 1.95 bits per heavy atom. The van der Waals surface area contributed by atoms with Gasteiger partial charge in [0, 0.05) is 24.7 Å². The summed E-state index contributed by atoms with van der Waals surface area (Å²) >= 11 is 0. The largest absolute Gasteiger partial charge is 0.299 e. The fourth-order valence-electron chi connectivity index (χ4n) is 3.04. The summed E-state index contributed by atoms with van der Waals surface area (Å²) in [7, 11) is 0. The molecule has 0 aliphatic carbocycles. The number of nitriles is 1. The topological polar surface area (TPSA) is 44.9 Å². The lowest BCUT2D eigenvalue weighted by atomic mass is 9.78. The van der Waals surface area contributed by atoms with E-state index in [1.807, 2.05) is 29.1 Å². The van der Waals surface area contributed by atoms with Crippen molar-refractivity contribution in [2.45, 2.75) is 32.7 Å². The molecule has 114 valence electrons. The zero-order chi connectivity index (χ0) is 15.4. The molecule has 2 aromatic rings. The van der Waals surface area contributed by atoms with Gasteiger partial charge in [-0.15, -0.1) is 0 Å². The first-order valence-corrected chi connectivity index (χ1v) is 7.87. The van der Waals surface area contributed by atoms with E-state index in [2.05, 4.69) is 41.3 Å².